The number of nitrogens with zero attached hydrogens (tertiary/aromatic N) is 1. The zero-order chi connectivity index (χ0) is 15.6. The van der Waals surface area contributed by atoms with Crippen molar-refractivity contribution >= 4 is 11.6 Å². The van der Waals surface area contributed by atoms with Crippen LogP contribution in [0.2, 0.25) is 0 Å². The van der Waals surface area contributed by atoms with Crippen molar-refractivity contribution in [2.24, 2.45) is 0 Å². The van der Waals surface area contributed by atoms with Crippen molar-refractivity contribution in [3.8, 4) is 0 Å². The summed E-state index contributed by atoms with van der Waals surface area (Å²) in [6.45, 7) is 0.859. The van der Waals surface area contributed by atoms with E-state index in [1.165, 1.54) is 24.3 Å². The number of hydrogen-bond acceptors (Lipinski definition) is 5. The van der Waals surface area contributed by atoms with E-state index in [0.29, 0.717) is 18.7 Å². The van der Waals surface area contributed by atoms with Crippen LogP contribution in [0.3, 0.4) is 0 Å². The summed E-state index contributed by atoms with van der Waals surface area (Å²) in [5, 5.41) is 13.4. The second-order valence-electron chi connectivity index (χ2n) is 5.68. The Labute approximate surface area is 127 Å². The molecule has 1 aliphatic heterocycles. The highest BCUT2D eigenvalue weighted by Crippen LogP contribution is 2.38. The molecular formula is C15H18N2O5. The molecule has 0 aromatic heterocycles. The lowest BCUT2D eigenvalue weighted by molar-refractivity contribution is -0.384. The van der Waals surface area contributed by atoms with Gasteiger partial charge in [-0.2, -0.15) is 0 Å². The van der Waals surface area contributed by atoms with Crippen LogP contribution in [0, 0.1) is 10.1 Å². The minimum atomic E-state index is -0.494. The van der Waals surface area contributed by atoms with Crippen LogP contribution in [0.25, 0.3) is 0 Å². The van der Waals surface area contributed by atoms with E-state index < -0.39 is 10.7 Å². The maximum absolute atomic E-state index is 12.0. The van der Waals surface area contributed by atoms with Crippen LogP contribution in [0.4, 0.5) is 5.69 Å². The van der Waals surface area contributed by atoms with Gasteiger partial charge in [-0.05, 0) is 25.0 Å². The van der Waals surface area contributed by atoms with Gasteiger partial charge in [0.05, 0.1) is 11.5 Å². The quantitative estimate of drug-likeness (QED) is 0.678. The molecule has 118 valence electrons. The van der Waals surface area contributed by atoms with Crippen LogP contribution in [-0.2, 0) is 9.47 Å². The molecule has 2 aliphatic rings. The normalized spacial score (nSPS) is 22.8. The number of benzene rings is 1. The highest BCUT2D eigenvalue weighted by atomic mass is 16.7. The van der Waals surface area contributed by atoms with E-state index in [-0.39, 0.29) is 17.7 Å². The fourth-order valence-electron chi connectivity index (χ4n) is 2.94. The molecule has 7 heteroatoms. The third-order valence-electron chi connectivity index (χ3n) is 4.11. The average molecular weight is 306 g/mol. The third-order valence-corrected chi connectivity index (χ3v) is 4.11. The van der Waals surface area contributed by atoms with Gasteiger partial charge in [-0.3, -0.25) is 14.9 Å². The lowest BCUT2D eigenvalue weighted by Gasteiger charge is -2.21. The molecule has 1 amide bonds. The van der Waals surface area contributed by atoms with Gasteiger partial charge >= 0.3 is 0 Å². The van der Waals surface area contributed by atoms with Crippen LogP contribution < -0.4 is 5.32 Å². The Balaban J connectivity index is 1.51. The lowest BCUT2D eigenvalue weighted by Crippen LogP contribution is -2.35. The molecule has 1 heterocycles. The highest BCUT2D eigenvalue weighted by molar-refractivity contribution is 5.94. The van der Waals surface area contributed by atoms with Crippen molar-refractivity contribution in [3.05, 3.63) is 39.9 Å². The average Bonchev–Trinajstić information content (AvgIpc) is 3.15. The first-order valence-corrected chi connectivity index (χ1v) is 7.42. The van der Waals surface area contributed by atoms with Crippen molar-refractivity contribution < 1.29 is 19.2 Å². The number of carbonyl (C=O) groups is 1. The van der Waals surface area contributed by atoms with E-state index in [2.05, 4.69) is 5.32 Å². The Kier molecular flexibility index (Phi) is 4.08. The summed E-state index contributed by atoms with van der Waals surface area (Å²) >= 11 is 0. The zero-order valence-electron chi connectivity index (χ0n) is 12.1. The molecule has 3 rings (SSSR count). The molecular weight excluding hydrogens is 288 g/mol. The van der Waals surface area contributed by atoms with E-state index >= 15 is 0 Å². The predicted molar refractivity (Wildman–Crippen MR) is 77.5 cm³/mol. The van der Waals surface area contributed by atoms with E-state index in [0.717, 1.165) is 25.7 Å². The molecule has 1 aliphatic carbocycles. The Morgan fingerprint density at radius 3 is 2.64 bits per heavy atom. The van der Waals surface area contributed by atoms with Crippen LogP contribution in [0.15, 0.2) is 24.3 Å². The fraction of sp³-hybridized carbons (Fsp3) is 0.533. The van der Waals surface area contributed by atoms with Crippen molar-refractivity contribution in [1.29, 1.82) is 0 Å². The first-order chi connectivity index (χ1) is 10.6. The number of non-ortho nitro benzene ring substituents is 1. The molecule has 22 heavy (non-hydrogen) atoms. The van der Waals surface area contributed by atoms with Gasteiger partial charge in [-0.25, -0.2) is 0 Å². The summed E-state index contributed by atoms with van der Waals surface area (Å²) in [4.78, 5) is 22.1. The van der Waals surface area contributed by atoms with E-state index in [1.807, 2.05) is 0 Å². The summed E-state index contributed by atoms with van der Waals surface area (Å²) in [5.41, 5.74) is 0.354. The molecule has 7 nitrogen and oxygen atoms in total. The molecule has 1 saturated heterocycles. The standard InChI is InChI=1S/C15H18N2O5/c18-14(11-3-5-12(6-4-11)17(19)20)16-9-13-10-21-15(22-13)7-1-2-8-15/h3-6,13H,1-2,7-10H2,(H,16,18)/t13-/m1/s1. The van der Waals surface area contributed by atoms with Crippen LogP contribution in [0.5, 0.6) is 0 Å². The minimum Gasteiger partial charge on any atom is -0.349 e. The van der Waals surface area contributed by atoms with Gasteiger partial charge in [-0.15, -0.1) is 0 Å². The molecule has 1 N–H and O–H groups in total. The van der Waals surface area contributed by atoms with Gasteiger partial charge in [0.1, 0.15) is 6.10 Å². The minimum absolute atomic E-state index is 0.0350. The highest BCUT2D eigenvalue weighted by Gasteiger charge is 2.43. The Hall–Kier alpha value is -1.99. The molecule has 0 radical (unpaired) electrons. The SMILES string of the molecule is O=C(NC[C@@H]1COC2(CCCC2)O1)c1ccc([N+](=O)[O-])cc1. The summed E-state index contributed by atoms with van der Waals surface area (Å²) in [6.07, 6.45) is 3.92. The van der Waals surface area contributed by atoms with Crippen molar-refractivity contribution in [3.63, 3.8) is 0 Å². The smallest absolute Gasteiger partial charge is 0.269 e. The Bertz CT molecular complexity index is 566. The maximum Gasteiger partial charge on any atom is 0.269 e. The van der Waals surface area contributed by atoms with Gasteiger partial charge in [0.15, 0.2) is 5.79 Å². The molecule has 1 saturated carbocycles. The Morgan fingerprint density at radius 1 is 1.32 bits per heavy atom. The number of amides is 1. The van der Waals surface area contributed by atoms with Crippen LogP contribution in [0.1, 0.15) is 36.0 Å². The van der Waals surface area contributed by atoms with Crippen molar-refractivity contribution in [2.45, 2.75) is 37.6 Å². The summed E-state index contributed by atoms with van der Waals surface area (Å²) in [5.74, 6) is -0.700. The number of rotatable bonds is 4. The van der Waals surface area contributed by atoms with Crippen molar-refractivity contribution in [1.82, 2.24) is 5.32 Å². The Morgan fingerprint density at radius 2 is 2.00 bits per heavy atom. The second kappa shape index (κ2) is 6.02. The van der Waals surface area contributed by atoms with Crippen LogP contribution >= 0.6 is 0 Å². The first kappa shape index (κ1) is 14.9. The number of nitro benzene ring substituents is 1. The monoisotopic (exact) mass is 306 g/mol. The number of nitro groups is 1. The number of nitrogens with one attached hydrogen (secondary N) is 1. The molecule has 0 bridgehead atoms. The lowest BCUT2D eigenvalue weighted by atomic mass is 10.2. The van der Waals surface area contributed by atoms with Gasteiger partial charge in [-0.1, -0.05) is 0 Å². The summed E-state index contributed by atoms with van der Waals surface area (Å²) in [7, 11) is 0. The first-order valence-electron chi connectivity index (χ1n) is 7.42. The topological polar surface area (TPSA) is 90.7 Å². The van der Waals surface area contributed by atoms with Gasteiger partial charge < -0.3 is 14.8 Å². The zero-order valence-corrected chi connectivity index (χ0v) is 12.1. The molecule has 1 aromatic carbocycles. The molecule has 2 fully saturated rings. The third kappa shape index (κ3) is 3.10. The molecule has 1 atom stereocenters. The number of hydrogen-bond donors (Lipinski definition) is 1. The second-order valence-corrected chi connectivity index (χ2v) is 5.68. The summed E-state index contributed by atoms with van der Waals surface area (Å²) in [6, 6.07) is 5.52. The van der Waals surface area contributed by atoms with Crippen LogP contribution in [-0.4, -0.2) is 35.9 Å². The number of carbonyl (C=O) groups excluding carboxylic acids is 1. The molecule has 1 spiro atoms. The van der Waals surface area contributed by atoms with E-state index in [4.69, 9.17) is 9.47 Å². The van der Waals surface area contributed by atoms with E-state index in [9.17, 15) is 14.9 Å². The maximum atomic E-state index is 12.0. The summed E-state index contributed by atoms with van der Waals surface area (Å²) < 4.78 is 11.7. The van der Waals surface area contributed by atoms with Gasteiger partial charge in [0, 0.05) is 37.1 Å². The van der Waals surface area contributed by atoms with Gasteiger partial charge in [0.2, 0.25) is 0 Å². The van der Waals surface area contributed by atoms with Gasteiger partial charge in [0.25, 0.3) is 11.6 Å². The molecule has 0 unspecified atom stereocenters. The largest absolute Gasteiger partial charge is 0.349 e. The molecule has 1 aromatic rings. The number of ether oxygens (including phenoxy) is 2. The fourth-order valence-corrected chi connectivity index (χ4v) is 2.94. The predicted octanol–water partition coefficient (Wildman–Crippen LogP) is 2.01. The van der Waals surface area contributed by atoms with Crippen molar-refractivity contribution in [2.75, 3.05) is 13.2 Å². The van der Waals surface area contributed by atoms with E-state index in [1.54, 1.807) is 0 Å².